The molecule has 0 radical (unpaired) electrons. The molecule has 2 aromatic rings. The third kappa shape index (κ3) is 4.78. The van der Waals surface area contributed by atoms with Gasteiger partial charge in [-0.3, -0.25) is 0 Å². The first-order chi connectivity index (χ1) is 17.0. The third-order valence-corrected chi connectivity index (χ3v) is 7.18. The summed E-state index contributed by atoms with van der Waals surface area (Å²) >= 11 is 0. The van der Waals surface area contributed by atoms with Gasteiger partial charge in [0, 0.05) is 22.0 Å². The molecule has 0 N–H and O–H groups in total. The Balaban J connectivity index is 1.42. The minimum absolute atomic E-state index is 0.135. The Kier molecular flexibility index (Phi) is 6.19. The molecule has 2 saturated heterocycles. The van der Waals surface area contributed by atoms with Gasteiger partial charge in [-0.15, -0.1) is 0 Å². The second-order valence-electron chi connectivity index (χ2n) is 11.0. The van der Waals surface area contributed by atoms with E-state index < -0.39 is 34.3 Å². The zero-order chi connectivity index (χ0) is 25.6. The van der Waals surface area contributed by atoms with Crippen LogP contribution in [0.25, 0.3) is 0 Å². The van der Waals surface area contributed by atoms with Crippen LogP contribution < -0.4 is 0 Å². The van der Waals surface area contributed by atoms with E-state index in [1.54, 1.807) is 24.3 Å². The number of fused-ring (bicyclic) bond motifs is 2. The van der Waals surface area contributed by atoms with Crippen molar-refractivity contribution in [1.82, 2.24) is 0 Å². The molecular weight excluding hydrogens is 464 g/mol. The molecule has 2 fully saturated rings. The summed E-state index contributed by atoms with van der Waals surface area (Å²) in [5.74, 6) is -2.80. The van der Waals surface area contributed by atoms with Crippen molar-refractivity contribution in [2.45, 2.75) is 39.3 Å². The van der Waals surface area contributed by atoms with Crippen LogP contribution in [-0.4, -0.2) is 51.6 Å². The first-order valence-electron chi connectivity index (χ1n) is 12.1. The van der Waals surface area contributed by atoms with Gasteiger partial charge in [0.25, 0.3) is 0 Å². The van der Waals surface area contributed by atoms with Gasteiger partial charge in [-0.2, -0.15) is 0 Å². The lowest BCUT2D eigenvalue weighted by molar-refractivity contribution is -0.306. The molecule has 0 amide bonds. The van der Waals surface area contributed by atoms with Crippen molar-refractivity contribution in [3.63, 3.8) is 0 Å². The predicted octanol–water partition coefficient (Wildman–Crippen LogP) is 4.17. The van der Waals surface area contributed by atoms with Crippen molar-refractivity contribution in [2.75, 3.05) is 39.6 Å². The van der Waals surface area contributed by atoms with Crippen molar-refractivity contribution < 1.29 is 38.0 Å². The van der Waals surface area contributed by atoms with E-state index >= 15 is 0 Å². The molecule has 2 aromatic carbocycles. The largest absolute Gasteiger partial charge is 0.461 e. The summed E-state index contributed by atoms with van der Waals surface area (Å²) in [6, 6.07) is 14.0. The molecule has 0 atom stereocenters. The molecule has 10 rings (SSSR count). The monoisotopic (exact) mass is 496 g/mol. The molecule has 8 aliphatic heterocycles. The van der Waals surface area contributed by atoms with E-state index in [1.165, 1.54) is 0 Å². The van der Waals surface area contributed by atoms with Gasteiger partial charge < -0.3 is 28.4 Å². The first-order valence-corrected chi connectivity index (χ1v) is 12.1. The molecular formula is C28H32O8. The number of carbonyl (C=O) groups is 2. The number of rotatable bonds is 0. The van der Waals surface area contributed by atoms with Gasteiger partial charge in [0.1, 0.15) is 13.2 Å². The number of hydrogen-bond acceptors (Lipinski definition) is 8. The fourth-order valence-electron chi connectivity index (χ4n) is 4.38. The summed E-state index contributed by atoms with van der Waals surface area (Å²) in [6.07, 6.45) is 0. The highest BCUT2D eigenvalue weighted by atomic mass is 16.7. The normalized spacial score (nSPS) is 35.1. The van der Waals surface area contributed by atoms with Crippen LogP contribution in [0.3, 0.4) is 0 Å². The lowest BCUT2D eigenvalue weighted by Crippen LogP contribution is -2.48. The van der Waals surface area contributed by atoms with Gasteiger partial charge in [-0.25, -0.2) is 9.59 Å². The second kappa shape index (κ2) is 8.95. The Morgan fingerprint density at radius 3 is 1.11 bits per heavy atom. The van der Waals surface area contributed by atoms with E-state index in [9.17, 15) is 9.59 Å². The Bertz CT molecular complexity index is 1030. The van der Waals surface area contributed by atoms with Crippen molar-refractivity contribution in [3.8, 4) is 0 Å². The summed E-state index contributed by atoms with van der Waals surface area (Å²) < 4.78 is 35.8. The average Bonchev–Trinajstić information content (AvgIpc) is 2.90. The molecule has 0 spiro atoms. The molecule has 36 heavy (non-hydrogen) atoms. The fourth-order valence-corrected chi connectivity index (χ4v) is 4.38. The van der Waals surface area contributed by atoms with Gasteiger partial charge in [0.05, 0.1) is 37.6 Å². The van der Waals surface area contributed by atoms with Crippen LogP contribution in [-0.2, 0) is 40.0 Å². The van der Waals surface area contributed by atoms with E-state index in [-0.39, 0.29) is 13.2 Å². The average molecular weight is 497 g/mol. The minimum Gasteiger partial charge on any atom is -0.461 e. The highest BCUT2D eigenvalue weighted by Crippen LogP contribution is 2.40. The Morgan fingerprint density at radius 1 is 0.500 bits per heavy atom. The van der Waals surface area contributed by atoms with Gasteiger partial charge in [0.15, 0.2) is 11.6 Å². The Hall–Kier alpha value is -2.78. The SMILES string of the molecule is CC12COC(=O)c3ccc(cc3)C(=O)OCC3(C)COC(C)(OC3)c3ccc(cc3)C(C)(OC1)OC2. The molecule has 0 aliphatic carbocycles. The van der Waals surface area contributed by atoms with Crippen LogP contribution in [0.4, 0.5) is 0 Å². The van der Waals surface area contributed by atoms with Gasteiger partial charge >= 0.3 is 11.9 Å². The van der Waals surface area contributed by atoms with Gasteiger partial charge in [-0.1, -0.05) is 38.1 Å². The number of hydrogen-bond donors (Lipinski definition) is 0. The zero-order valence-electron chi connectivity index (χ0n) is 21.1. The van der Waals surface area contributed by atoms with Crippen LogP contribution in [0.5, 0.6) is 0 Å². The molecule has 8 nitrogen and oxygen atoms in total. The number of ether oxygens (including phenoxy) is 6. The van der Waals surface area contributed by atoms with Crippen LogP contribution in [0.15, 0.2) is 48.5 Å². The predicted molar refractivity (Wildman–Crippen MR) is 128 cm³/mol. The van der Waals surface area contributed by atoms with Crippen LogP contribution >= 0.6 is 0 Å². The molecule has 8 heteroatoms. The topological polar surface area (TPSA) is 89.5 Å². The van der Waals surface area contributed by atoms with E-state index in [0.717, 1.165) is 11.1 Å². The summed E-state index contributed by atoms with van der Waals surface area (Å²) in [5.41, 5.74) is 1.42. The number of carbonyl (C=O) groups excluding carboxylic acids is 2. The standard InChI is InChI=1S/C28H32O8/c1-25-13-31-23(29)19-5-7-20(8-6-19)24(30)32-14-26(2)17-35-28(4,36-18-26)22-11-9-21(10-12-22)27(3,33-15-25)34-16-25/h5-12H,13-18H2,1-4H3. The maximum atomic E-state index is 12.6. The molecule has 0 unspecified atom stereocenters. The maximum Gasteiger partial charge on any atom is 0.338 e. The van der Waals surface area contributed by atoms with E-state index in [0.29, 0.717) is 37.6 Å². The Labute approximate surface area is 210 Å². The molecule has 8 aliphatic rings. The minimum atomic E-state index is -0.924. The highest BCUT2D eigenvalue weighted by Gasteiger charge is 2.44. The van der Waals surface area contributed by atoms with Crippen LogP contribution in [0.1, 0.15) is 59.5 Å². The zero-order valence-corrected chi connectivity index (χ0v) is 21.1. The van der Waals surface area contributed by atoms with Gasteiger partial charge in [-0.05, 0) is 38.1 Å². The van der Waals surface area contributed by atoms with Crippen molar-refractivity contribution >= 4 is 11.9 Å². The second-order valence-corrected chi connectivity index (χ2v) is 11.0. The Morgan fingerprint density at radius 2 is 0.806 bits per heavy atom. The van der Waals surface area contributed by atoms with E-state index in [2.05, 4.69) is 0 Å². The lowest BCUT2D eigenvalue weighted by atomic mass is 9.90. The number of esters is 2. The molecule has 8 bridgehead atoms. The maximum absolute atomic E-state index is 12.6. The quantitative estimate of drug-likeness (QED) is 0.502. The number of benzene rings is 2. The summed E-state index contributed by atoms with van der Waals surface area (Å²) in [7, 11) is 0. The molecule has 0 aromatic heterocycles. The molecule has 0 saturated carbocycles. The lowest BCUT2D eigenvalue weighted by Gasteiger charge is -2.44. The first kappa shape index (κ1) is 24.9. The third-order valence-electron chi connectivity index (χ3n) is 7.18. The van der Waals surface area contributed by atoms with E-state index in [1.807, 2.05) is 52.0 Å². The van der Waals surface area contributed by atoms with Crippen molar-refractivity contribution in [2.24, 2.45) is 10.8 Å². The summed E-state index contributed by atoms with van der Waals surface area (Å²) in [5, 5.41) is 0. The van der Waals surface area contributed by atoms with Crippen LogP contribution in [0.2, 0.25) is 0 Å². The van der Waals surface area contributed by atoms with Crippen molar-refractivity contribution in [1.29, 1.82) is 0 Å². The highest BCUT2D eigenvalue weighted by molar-refractivity contribution is 5.93. The van der Waals surface area contributed by atoms with Gasteiger partial charge in [0.2, 0.25) is 0 Å². The summed E-state index contributed by atoms with van der Waals surface area (Å²) in [6.45, 7) is 9.35. The molecule has 192 valence electrons. The summed E-state index contributed by atoms with van der Waals surface area (Å²) in [4.78, 5) is 25.2. The van der Waals surface area contributed by atoms with Crippen molar-refractivity contribution in [3.05, 3.63) is 70.8 Å². The van der Waals surface area contributed by atoms with E-state index in [4.69, 9.17) is 28.4 Å². The molecule has 8 heterocycles. The fraction of sp³-hybridized carbons (Fsp3) is 0.500. The van der Waals surface area contributed by atoms with Crippen LogP contribution in [0, 0.1) is 10.8 Å². The smallest absolute Gasteiger partial charge is 0.338 e.